The van der Waals surface area contributed by atoms with E-state index in [1.807, 2.05) is 0 Å². The molecule has 3 rings (SSSR count). The van der Waals surface area contributed by atoms with E-state index in [1.54, 1.807) is 0 Å². The average Bonchev–Trinajstić information content (AvgIpc) is 2.96. The van der Waals surface area contributed by atoms with E-state index in [0.29, 0.717) is 0 Å². The van der Waals surface area contributed by atoms with Crippen molar-refractivity contribution < 1.29 is 25.8 Å². The molecule has 0 aliphatic carbocycles. The monoisotopic (exact) mass is 639 g/mol. The number of hydrogen-bond acceptors (Lipinski definition) is 3. The van der Waals surface area contributed by atoms with Crippen LogP contribution in [0.25, 0.3) is 0 Å². The van der Waals surface area contributed by atoms with Crippen LogP contribution in [0, 0.1) is 3.57 Å². The first kappa shape index (κ1) is 28.8. The third-order valence-corrected chi connectivity index (χ3v) is 60.1. The second-order valence-electron chi connectivity index (χ2n) is 13.1. The fourth-order valence-corrected chi connectivity index (χ4v) is 82.5. The fraction of sp³-hybridized carbons (Fsp3) is 0.720. The Morgan fingerprint density at radius 2 is 0.969 bits per heavy atom. The van der Waals surface area contributed by atoms with Gasteiger partial charge in [-0.15, -0.1) is 0 Å². The largest absolute Gasteiger partial charge is 0 e. The summed E-state index contributed by atoms with van der Waals surface area (Å²) in [6, 6.07) is 4.47. The minimum absolute atomic E-state index is 0. The van der Waals surface area contributed by atoms with E-state index >= 15 is 0 Å². The Hall–Kier alpha value is 0.586. The molecule has 1 aromatic rings. The normalized spacial score (nSPS) is 21.7. The van der Waals surface area contributed by atoms with Gasteiger partial charge in [0.15, 0.2) is 0 Å². The van der Waals surface area contributed by atoms with Gasteiger partial charge in [-0.05, 0) is 0 Å². The van der Waals surface area contributed by atoms with Gasteiger partial charge in [-0.3, -0.25) is 0 Å². The first-order valence-electron chi connectivity index (χ1n) is 11.2. The molecule has 0 N–H and O–H groups in total. The molecule has 0 bridgehead atoms. The van der Waals surface area contributed by atoms with Gasteiger partial charge in [0.05, 0.1) is 0 Å². The molecule has 0 atom stereocenters. The van der Waals surface area contributed by atoms with Gasteiger partial charge in [0.2, 0.25) is 0 Å². The topological polar surface area (TPSA) is 21.7 Å². The minimum Gasteiger partial charge on any atom is 0 e. The Morgan fingerprint density at radius 3 is 1.19 bits per heavy atom. The molecule has 187 valence electrons. The molecule has 0 saturated heterocycles. The summed E-state index contributed by atoms with van der Waals surface area (Å²) in [6.45, 7) is 28.5. The number of benzene rings is 1. The maximum absolute atomic E-state index is 8.17. The van der Waals surface area contributed by atoms with Crippen molar-refractivity contribution in [3.63, 3.8) is 0 Å². The molecule has 0 amide bonds. The van der Waals surface area contributed by atoms with Crippen molar-refractivity contribution in [3.8, 4) is 11.5 Å². The van der Waals surface area contributed by atoms with E-state index in [1.165, 1.54) is 3.57 Å². The number of halogens is 1. The maximum atomic E-state index is 8.17. The van der Waals surface area contributed by atoms with Gasteiger partial charge >= 0.3 is 196 Å². The summed E-state index contributed by atoms with van der Waals surface area (Å²) in [4.78, 5) is 2.15. The van der Waals surface area contributed by atoms with E-state index in [9.17, 15) is 0 Å². The minimum atomic E-state index is -3.42. The molecule has 0 aromatic heterocycles. The summed E-state index contributed by atoms with van der Waals surface area (Å²) in [5.41, 5.74) is 1.13. The second kappa shape index (κ2) is 7.79. The van der Waals surface area contributed by atoms with Crippen molar-refractivity contribution in [2.75, 3.05) is 19.0 Å². The molecule has 1 radical (unpaired) electrons. The summed E-state index contributed by atoms with van der Waals surface area (Å²) in [6.07, 6.45) is 0. The third-order valence-electron chi connectivity index (χ3n) is 6.41. The Kier molecular flexibility index (Phi) is 7.02. The number of rotatable bonds is 1. The summed E-state index contributed by atoms with van der Waals surface area (Å²) in [7, 11) is 4.17. The van der Waals surface area contributed by atoms with Crippen LogP contribution in [-0.2, 0) is 16.8 Å². The zero-order valence-electron chi connectivity index (χ0n) is 22.6. The molecule has 2 heterocycles. The Bertz CT molecular complexity index is 867. The van der Waals surface area contributed by atoms with Crippen LogP contribution in [-0.4, -0.2) is 39.2 Å². The summed E-state index contributed by atoms with van der Waals surface area (Å²) in [5, 5.41) is -4.50. The van der Waals surface area contributed by atoms with Gasteiger partial charge in [-0.1, -0.05) is 0 Å². The zero-order chi connectivity index (χ0) is 24.2. The SMILES string of the molecule is [CH-]=I12c3c(cc(N(C)C)cc3O[P+]1(C(C)(C)C)C(C)(C)C)O[P+]2(C(C)(C)C)C(C)(C)C.[Co]. The van der Waals surface area contributed by atoms with Crippen LogP contribution in [0.4, 0.5) is 5.69 Å². The molecule has 0 saturated carbocycles. The van der Waals surface area contributed by atoms with E-state index in [0.717, 1.165) is 17.2 Å². The number of anilines is 1. The first-order chi connectivity index (χ1) is 13.6. The fourth-order valence-electron chi connectivity index (χ4n) is 6.09. The quantitative estimate of drug-likeness (QED) is 0.174. The predicted molar refractivity (Wildman–Crippen MR) is 154 cm³/mol. The third kappa shape index (κ3) is 3.26. The van der Waals surface area contributed by atoms with Gasteiger partial charge in [-0.25, -0.2) is 0 Å². The van der Waals surface area contributed by atoms with Gasteiger partial charge < -0.3 is 0 Å². The maximum Gasteiger partial charge on any atom is 0 e. The van der Waals surface area contributed by atoms with E-state index in [4.69, 9.17) is 13.6 Å². The van der Waals surface area contributed by atoms with Gasteiger partial charge in [0, 0.05) is 16.8 Å². The van der Waals surface area contributed by atoms with Crippen molar-refractivity contribution in [2.45, 2.75) is 104 Å². The molecular formula is C25H45CoINO2P2+. The first-order valence-corrected chi connectivity index (χ1v) is 22.5. The Morgan fingerprint density at radius 1 is 0.688 bits per heavy atom. The molecule has 7 heteroatoms. The Labute approximate surface area is 211 Å². The van der Waals surface area contributed by atoms with E-state index in [-0.39, 0.29) is 37.4 Å². The zero-order valence-corrected chi connectivity index (χ0v) is 27.6. The smallest absolute Gasteiger partial charge is 0 e. The summed E-state index contributed by atoms with van der Waals surface area (Å²) >= 11 is -3.42. The van der Waals surface area contributed by atoms with Crippen LogP contribution >= 0.6 is 27.1 Å². The number of hydrogen-bond donors (Lipinski definition) is 0. The van der Waals surface area contributed by atoms with E-state index < -0.39 is 27.1 Å². The van der Waals surface area contributed by atoms with Crippen LogP contribution < -0.4 is 13.9 Å². The molecule has 3 nitrogen and oxygen atoms in total. The molecule has 2 aliphatic heterocycles. The van der Waals surface area contributed by atoms with Crippen molar-refractivity contribution >= 4 is 37.3 Å². The van der Waals surface area contributed by atoms with Crippen molar-refractivity contribution in [1.29, 1.82) is 0 Å². The van der Waals surface area contributed by atoms with Gasteiger partial charge in [-0.2, -0.15) is 0 Å². The van der Waals surface area contributed by atoms with E-state index in [2.05, 4.69) is 114 Å². The summed E-state index contributed by atoms with van der Waals surface area (Å²) in [5.74, 6) is 2.04. The van der Waals surface area contributed by atoms with Crippen molar-refractivity contribution in [3.05, 3.63) is 15.7 Å². The predicted octanol–water partition coefficient (Wildman–Crippen LogP) is 8.94. The molecular weight excluding hydrogens is 594 g/mol. The van der Waals surface area contributed by atoms with Crippen molar-refractivity contribution in [2.24, 2.45) is 0 Å². The number of nitrogens with zero attached hydrogens (tertiary/aromatic N) is 1. The van der Waals surface area contributed by atoms with Crippen LogP contribution in [0.1, 0.15) is 83.1 Å². The van der Waals surface area contributed by atoms with Gasteiger partial charge in [0.25, 0.3) is 0 Å². The average molecular weight is 639 g/mol. The standard InChI is InChI=1S/C25H45INO2P2.Co/c1-22(2,3)30(23(4,5)6)26(13)21-19(28-30)16-18(27(14)15)17-20(21)29-31(26,24(7,8)9)25(10,11)12;/h13,16-17H,1-12,14-15H3;/q+1;. The van der Waals surface area contributed by atoms with Crippen LogP contribution in [0.2, 0.25) is 0 Å². The second-order valence-corrected chi connectivity index (χ2v) is 42.3. The molecule has 32 heavy (non-hydrogen) atoms. The van der Waals surface area contributed by atoms with Crippen LogP contribution in [0.5, 0.6) is 11.5 Å². The van der Waals surface area contributed by atoms with Gasteiger partial charge in [0.1, 0.15) is 0 Å². The molecule has 0 unspecified atom stereocenters. The molecule has 1 aromatic carbocycles. The molecule has 0 fully saturated rings. The van der Waals surface area contributed by atoms with Crippen molar-refractivity contribution in [1.82, 2.24) is 0 Å². The summed E-state index contributed by atoms with van der Waals surface area (Å²) < 4.78 is 24.3. The Balaban J connectivity index is 0.00000363. The molecule has 0 spiro atoms. The molecule has 2 aliphatic rings. The van der Waals surface area contributed by atoms with Crippen LogP contribution in [0.3, 0.4) is 0 Å². The van der Waals surface area contributed by atoms with Crippen LogP contribution in [0.15, 0.2) is 12.1 Å².